The summed E-state index contributed by atoms with van der Waals surface area (Å²) in [4.78, 5) is 14.8. The molecule has 3 nitrogen and oxygen atoms in total. The molecule has 0 radical (unpaired) electrons. The van der Waals surface area contributed by atoms with E-state index in [1.165, 1.54) is 55.4 Å². The molecule has 0 amide bonds. The average Bonchev–Trinajstić information content (AvgIpc) is 3.90. The van der Waals surface area contributed by atoms with E-state index in [4.69, 9.17) is 0 Å². The van der Waals surface area contributed by atoms with Crippen LogP contribution in [0.25, 0.3) is 71.7 Å². The van der Waals surface area contributed by atoms with Crippen molar-refractivity contribution in [2.24, 2.45) is 0 Å². The number of carbonyl (C=O) groups excluding carboxylic acids is 1. The second kappa shape index (κ2) is 11.7. The van der Waals surface area contributed by atoms with E-state index in [0.717, 1.165) is 56.9 Å². The van der Waals surface area contributed by atoms with E-state index in [-0.39, 0.29) is 16.6 Å². The summed E-state index contributed by atoms with van der Waals surface area (Å²) in [5.74, 6) is 0.0279. The van der Waals surface area contributed by atoms with Gasteiger partial charge >= 0.3 is 0 Å². The van der Waals surface area contributed by atoms with Gasteiger partial charge in [-0.25, -0.2) is 0 Å². The van der Waals surface area contributed by atoms with Crippen molar-refractivity contribution < 1.29 is 4.79 Å². The highest BCUT2D eigenvalue weighted by molar-refractivity contribution is 6.19. The summed E-state index contributed by atoms with van der Waals surface area (Å²) in [5, 5.41) is 4.51. The molecule has 3 aliphatic carbocycles. The fourth-order valence-corrected chi connectivity index (χ4v) is 10.9. The Kier molecular flexibility index (Phi) is 6.73. The van der Waals surface area contributed by atoms with Gasteiger partial charge in [0.05, 0.1) is 22.1 Å². The Hall–Kier alpha value is -6.71. The predicted molar refractivity (Wildman–Crippen MR) is 241 cm³/mol. The number of ketones is 1. The quantitative estimate of drug-likeness (QED) is 0.165. The van der Waals surface area contributed by atoms with Gasteiger partial charge in [0.1, 0.15) is 0 Å². The minimum Gasteiger partial charge on any atom is -0.309 e. The number of hydrogen-bond donors (Lipinski definition) is 0. The van der Waals surface area contributed by atoms with Gasteiger partial charge in [-0.2, -0.15) is 0 Å². The Morgan fingerprint density at radius 2 is 1.00 bits per heavy atom. The van der Waals surface area contributed by atoms with Crippen molar-refractivity contribution in [3.8, 4) is 22.5 Å². The number of rotatable bonds is 4. The van der Waals surface area contributed by atoms with Gasteiger partial charge in [-0.15, -0.1) is 0 Å². The molecule has 0 N–H and O–H groups in total. The van der Waals surface area contributed by atoms with E-state index in [1.807, 2.05) is 12.1 Å². The predicted octanol–water partition coefficient (Wildman–Crippen LogP) is 13.8. The van der Waals surface area contributed by atoms with Crippen molar-refractivity contribution in [3.05, 3.63) is 197 Å². The van der Waals surface area contributed by atoms with Crippen LogP contribution in [0.2, 0.25) is 0 Å². The van der Waals surface area contributed by atoms with Crippen LogP contribution >= 0.6 is 0 Å². The summed E-state index contributed by atoms with van der Waals surface area (Å²) in [5.41, 5.74) is 18.9. The lowest BCUT2D eigenvalue weighted by atomic mass is 9.78. The fourth-order valence-electron chi connectivity index (χ4n) is 10.9. The highest BCUT2D eigenvalue weighted by atomic mass is 16.1. The van der Waals surface area contributed by atoms with Crippen LogP contribution in [0.4, 0.5) is 0 Å². The number of nitrogens with zero attached hydrogens (tertiary/aromatic N) is 2. The van der Waals surface area contributed by atoms with Crippen LogP contribution < -0.4 is 0 Å². The van der Waals surface area contributed by atoms with Crippen LogP contribution in [0.3, 0.4) is 0 Å². The van der Waals surface area contributed by atoms with E-state index in [1.54, 1.807) is 0 Å². The van der Waals surface area contributed by atoms with Gasteiger partial charge in [0.15, 0.2) is 5.78 Å². The third-order valence-electron chi connectivity index (χ3n) is 13.8. The van der Waals surface area contributed by atoms with Crippen LogP contribution in [0.15, 0.2) is 163 Å². The smallest absolute Gasteiger partial charge is 0.193 e. The Morgan fingerprint density at radius 1 is 0.483 bits per heavy atom. The first-order chi connectivity index (χ1) is 28.2. The highest BCUT2D eigenvalue weighted by Crippen LogP contribution is 2.53. The molecule has 0 saturated heterocycles. The summed E-state index contributed by atoms with van der Waals surface area (Å²) in [6.07, 6.45) is 6.84. The summed E-state index contributed by atoms with van der Waals surface area (Å²) >= 11 is 0. The Balaban J connectivity index is 1.06. The Bertz CT molecular complexity index is 3330. The van der Waals surface area contributed by atoms with Gasteiger partial charge in [0, 0.05) is 54.9 Å². The van der Waals surface area contributed by atoms with Gasteiger partial charge in [0.25, 0.3) is 0 Å². The van der Waals surface area contributed by atoms with E-state index >= 15 is 0 Å². The van der Waals surface area contributed by atoms with Crippen molar-refractivity contribution >= 4 is 55.0 Å². The summed E-state index contributed by atoms with van der Waals surface area (Å²) < 4.78 is 4.75. The minimum absolute atomic E-state index is 0.0279. The standard InChI is InChI=1S/C55H42N2O/c1-54(2)45-21-13-11-19-37(45)39-29-43-41-27-33(23-25-49(41)56(51(43)31-47(39)54)35-15-7-5-8-16-35)53(58)34-24-26-50-42(28-34)44-30-40-38-20-12-14-22-46(38)55(3,4)48(40)32-52(44)57(50)36-17-9-6-10-18-36/h5-13,15-21,23-32H,14,22H2,1-4H3. The average molecular weight is 747 g/mol. The largest absolute Gasteiger partial charge is 0.309 e. The molecule has 3 heteroatoms. The molecule has 0 spiro atoms. The SMILES string of the molecule is CC1(C)C2=C(C=CCC2)c2cc3c4cc(C(=O)c5ccc6c(c5)c5cc7c(cc5n6-c5ccccc5)C(C)(C)c5ccccc5-7)ccc4n(-c4ccccc4)c3cc21. The second-order valence-corrected chi connectivity index (χ2v) is 17.6. The van der Waals surface area contributed by atoms with Gasteiger partial charge in [0.2, 0.25) is 0 Å². The zero-order valence-corrected chi connectivity index (χ0v) is 33.2. The zero-order chi connectivity index (χ0) is 39.1. The van der Waals surface area contributed by atoms with Crippen LogP contribution in [0.5, 0.6) is 0 Å². The first kappa shape index (κ1) is 33.4. The van der Waals surface area contributed by atoms with E-state index < -0.39 is 0 Å². The third kappa shape index (κ3) is 4.42. The van der Waals surface area contributed by atoms with Crippen molar-refractivity contribution in [2.45, 2.75) is 51.4 Å². The maximum absolute atomic E-state index is 14.8. The van der Waals surface area contributed by atoms with E-state index in [2.05, 4.69) is 182 Å². The number of allylic oxidation sites excluding steroid dienone is 4. The van der Waals surface area contributed by atoms with Crippen molar-refractivity contribution in [1.29, 1.82) is 0 Å². The molecule has 0 atom stereocenters. The second-order valence-electron chi connectivity index (χ2n) is 17.6. The number of para-hydroxylation sites is 2. The number of hydrogen-bond acceptors (Lipinski definition) is 1. The molecule has 0 saturated carbocycles. The zero-order valence-electron chi connectivity index (χ0n) is 33.2. The molecule has 12 rings (SSSR count). The molecule has 9 aromatic rings. The van der Waals surface area contributed by atoms with Crippen LogP contribution in [-0.4, -0.2) is 14.9 Å². The van der Waals surface area contributed by atoms with Gasteiger partial charge in [-0.1, -0.05) is 106 Å². The Morgan fingerprint density at radius 3 is 1.60 bits per heavy atom. The highest BCUT2D eigenvalue weighted by Gasteiger charge is 2.39. The molecule has 7 aromatic carbocycles. The van der Waals surface area contributed by atoms with Crippen molar-refractivity contribution in [3.63, 3.8) is 0 Å². The molecule has 2 aromatic heterocycles. The van der Waals surface area contributed by atoms with Crippen LogP contribution in [-0.2, 0) is 10.8 Å². The van der Waals surface area contributed by atoms with Gasteiger partial charge in [-0.3, -0.25) is 4.79 Å². The van der Waals surface area contributed by atoms with Gasteiger partial charge < -0.3 is 9.13 Å². The minimum atomic E-state index is -0.121. The van der Waals surface area contributed by atoms with Crippen LogP contribution in [0, 0.1) is 0 Å². The molecule has 2 heterocycles. The topological polar surface area (TPSA) is 26.9 Å². The first-order valence-corrected chi connectivity index (χ1v) is 20.6. The monoisotopic (exact) mass is 746 g/mol. The molecular weight excluding hydrogens is 705 g/mol. The maximum atomic E-state index is 14.8. The molecule has 3 aliphatic rings. The number of benzene rings is 7. The fraction of sp³-hybridized carbons (Fsp3) is 0.145. The summed E-state index contributed by atoms with van der Waals surface area (Å²) in [7, 11) is 0. The molecule has 58 heavy (non-hydrogen) atoms. The molecule has 0 fully saturated rings. The van der Waals surface area contributed by atoms with Crippen molar-refractivity contribution in [2.75, 3.05) is 0 Å². The van der Waals surface area contributed by atoms with E-state index in [9.17, 15) is 4.79 Å². The third-order valence-corrected chi connectivity index (χ3v) is 13.8. The molecular formula is C55H42N2O. The Labute approximate surface area is 338 Å². The van der Waals surface area contributed by atoms with Crippen molar-refractivity contribution in [1.82, 2.24) is 9.13 Å². The molecule has 278 valence electrons. The van der Waals surface area contributed by atoms with Crippen LogP contribution in [0.1, 0.15) is 78.7 Å². The maximum Gasteiger partial charge on any atom is 0.193 e. The lowest BCUT2D eigenvalue weighted by Crippen LogP contribution is -2.17. The number of aromatic nitrogens is 2. The first-order valence-electron chi connectivity index (χ1n) is 20.6. The molecule has 0 aliphatic heterocycles. The normalized spacial score (nSPS) is 16.0. The molecule has 0 unspecified atom stereocenters. The number of fused-ring (bicyclic) bond motifs is 11. The summed E-state index contributed by atoms with van der Waals surface area (Å²) in [6, 6.07) is 52.3. The lowest BCUT2D eigenvalue weighted by molar-refractivity contribution is 0.103. The van der Waals surface area contributed by atoms with Gasteiger partial charge in [-0.05, 0) is 137 Å². The molecule has 0 bridgehead atoms. The number of carbonyl (C=O) groups is 1. The summed E-state index contributed by atoms with van der Waals surface area (Å²) in [6.45, 7) is 9.43. The van der Waals surface area contributed by atoms with E-state index in [0.29, 0.717) is 11.1 Å². The lowest BCUT2D eigenvalue weighted by Gasteiger charge is -2.25.